The van der Waals surface area contributed by atoms with Gasteiger partial charge in [-0.05, 0) is 55.5 Å². The van der Waals surface area contributed by atoms with Crippen LogP contribution in [0.2, 0.25) is 0 Å². The van der Waals surface area contributed by atoms with Crippen LogP contribution < -0.4 is 14.9 Å². The highest BCUT2D eigenvalue weighted by molar-refractivity contribution is 7.91. The van der Waals surface area contributed by atoms with Crippen LogP contribution in [-0.2, 0) is 10.0 Å². The third kappa shape index (κ3) is 5.76. The maximum Gasteiger partial charge on any atom is 0.270 e. The van der Waals surface area contributed by atoms with Crippen molar-refractivity contribution >= 4 is 38.1 Å². The van der Waals surface area contributed by atoms with Gasteiger partial charge >= 0.3 is 0 Å². The molecule has 0 spiro atoms. The van der Waals surface area contributed by atoms with E-state index in [4.69, 9.17) is 0 Å². The lowest BCUT2D eigenvalue weighted by atomic mass is 9.99. The molecule has 1 saturated heterocycles. The molecule has 0 saturated carbocycles. The largest absolute Gasteiger partial charge is 0.371 e. The maximum atomic E-state index is 12.8. The fourth-order valence-electron chi connectivity index (χ4n) is 3.88. The second-order valence-electron chi connectivity index (χ2n) is 8.32. The minimum Gasteiger partial charge on any atom is -0.371 e. The summed E-state index contributed by atoms with van der Waals surface area (Å²) in [5.41, 5.74) is 2.46. The lowest BCUT2D eigenvalue weighted by molar-refractivity contribution is 0.102. The van der Waals surface area contributed by atoms with E-state index in [0.717, 1.165) is 35.7 Å². The fourth-order valence-corrected chi connectivity index (χ4v) is 6.02. The van der Waals surface area contributed by atoms with Gasteiger partial charge in [-0.2, -0.15) is 0 Å². The molecule has 10 heteroatoms. The Bertz CT molecular complexity index is 1200. The van der Waals surface area contributed by atoms with Gasteiger partial charge in [0.05, 0.1) is 0 Å². The molecule has 3 aromatic rings. The number of carbonyl (C=O) groups excluding carboxylic acids is 1. The number of hydrogen-bond acceptors (Lipinski definition) is 7. The van der Waals surface area contributed by atoms with Gasteiger partial charge in [-0.3, -0.25) is 10.1 Å². The zero-order valence-corrected chi connectivity index (χ0v) is 20.2. The molecule has 174 valence electrons. The van der Waals surface area contributed by atoms with E-state index in [0.29, 0.717) is 11.5 Å². The van der Waals surface area contributed by atoms with Crippen molar-refractivity contribution in [1.29, 1.82) is 0 Å². The van der Waals surface area contributed by atoms with Crippen LogP contribution >= 0.6 is 11.3 Å². The van der Waals surface area contributed by atoms with E-state index in [1.54, 1.807) is 37.3 Å². The molecule has 1 aliphatic rings. The number of nitrogens with one attached hydrogen (secondary N) is 2. The number of anilines is 2. The van der Waals surface area contributed by atoms with Crippen molar-refractivity contribution in [1.82, 2.24) is 14.9 Å². The third-order valence-electron chi connectivity index (χ3n) is 5.64. The number of sulfonamides is 1. The summed E-state index contributed by atoms with van der Waals surface area (Å²) in [7, 11) is -3.89. The zero-order valence-electron chi connectivity index (χ0n) is 18.6. The number of amides is 1. The Kier molecular flexibility index (Phi) is 7.06. The molecule has 0 aliphatic carbocycles. The topological polar surface area (TPSA) is 104 Å². The lowest BCUT2D eigenvalue weighted by Crippen LogP contribution is -2.34. The van der Waals surface area contributed by atoms with E-state index in [9.17, 15) is 13.2 Å². The van der Waals surface area contributed by atoms with Crippen LogP contribution in [0, 0.1) is 5.92 Å². The highest BCUT2D eigenvalue weighted by Crippen LogP contribution is 2.26. The van der Waals surface area contributed by atoms with E-state index < -0.39 is 16.1 Å². The molecule has 2 atom stereocenters. The summed E-state index contributed by atoms with van der Waals surface area (Å²) < 4.78 is 28.1. The smallest absolute Gasteiger partial charge is 0.270 e. The maximum absolute atomic E-state index is 12.8. The lowest BCUT2D eigenvalue weighted by Gasteiger charge is -2.33. The van der Waals surface area contributed by atoms with Gasteiger partial charge in [-0.15, -0.1) is 10.2 Å². The van der Waals surface area contributed by atoms with Gasteiger partial charge in [0.25, 0.3) is 15.9 Å². The molecule has 2 heterocycles. The second-order valence-corrected chi connectivity index (χ2v) is 11.2. The molecular formula is C23H27N5O3S2. The normalized spacial score (nSPS) is 17.5. The monoisotopic (exact) mass is 485 g/mol. The molecule has 0 radical (unpaired) electrons. The SMILES string of the molecule is CC1CCCN(c2ccc(C(C)NS(=O)(=O)c3nnc(NC(=O)c4ccccc4)s3)cc2)C1. The minimum atomic E-state index is -3.89. The first-order valence-corrected chi connectivity index (χ1v) is 13.2. The van der Waals surface area contributed by atoms with E-state index in [1.165, 1.54) is 12.8 Å². The van der Waals surface area contributed by atoms with Crippen LogP contribution in [0.15, 0.2) is 58.9 Å². The van der Waals surface area contributed by atoms with Crippen molar-refractivity contribution in [3.05, 3.63) is 65.7 Å². The quantitative estimate of drug-likeness (QED) is 0.489. The van der Waals surface area contributed by atoms with E-state index in [1.807, 2.05) is 24.3 Å². The van der Waals surface area contributed by atoms with Crippen molar-refractivity contribution in [3.8, 4) is 0 Å². The Hall–Kier alpha value is -2.82. The number of nitrogens with zero attached hydrogens (tertiary/aromatic N) is 3. The van der Waals surface area contributed by atoms with E-state index >= 15 is 0 Å². The Morgan fingerprint density at radius 2 is 1.85 bits per heavy atom. The molecule has 2 aromatic carbocycles. The van der Waals surface area contributed by atoms with Crippen LogP contribution in [-0.4, -0.2) is 37.6 Å². The summed E-state index contributed by atoms with van der Waals surface area (Å²) in [5.74, 6) is 0.304. The highest BCUT2D eigenvalue weighted by atomic mass is 32.2. The van der Waals surface area contributed by atoms with Crippen LogP contribution in [0.5, 0.6) is 0 Å². The number of aromatic nitrogens is 2. The molecule has 1 aliphatic heterocycles. The van der Waals surface area contributed by atoms with Crippen molar-refractivity contribution in [2.45, 2.75) is 37.1 Å². The first-order valence-electron chi connectivity index (χ1n) is 10.9. The van der Waals surface area contributed by atoms with Crippen molar-refractivity contribution in [3.63, 3.8) is 0 Å². The van der Waals surface area contributed by atoms with Crippen molar-refractivity contribution in [2.75, 3.05) is 23.3 Å². The Labute approximate surface area is 198 Å². The fraction of sp³-hybridized carbons (Fsp3) is 0.348. The van der Waals surface area contributed by atoms with Gasteiger partial charge in [0, 0.05) is 30.4 Å². The molecule has 1 fully saturated rings. The van der Waals surface area contributed by atoms with Crippen LogP contribution in [0.1, 0.15) is 48.7 Å². The first kappa shape index (κ1) is 23.3. The first-order chi connectivity index (χ1) is 15.8. The minimum absolute atomic E-state index is 0.122. The van der Waals surface area contributed by atoms with E-state index in [2.05, 4.69) is 32.1 Å². The molecular weight excluding hydrogens is 458 g/mol. The summed E-state index contributed by atoms with van der Waals surface area (Å²) in [4.78, 5) is 14.6. The summed E-state index contributed by atoms with van der Waals surface area (Å²) in [6.45, 7) is 6.14. The van der Waals surface area contributed by atoms with Crippen LogP contribution in [0.3, 0.4) is 0 Å². The number of benzene rings is 2. The molecule has 1 aromatic heterocycles. The van der Waals surface area contributed by atoms with Gasteiger partial charge < -0.3 is 4.90 Å². The Morgan fingerprint density at radius 3 is 2.55 bits per heavy atom. The van der Waals surface area contributed by atoms with Crippen LogP contribution in [0.25, 0.3) is 0 Å². The summed E-state index contributed by atoms with van der Waals surface area (Å²) in [6.07, 6.45) is 2.45. The third-order valence-corrected chi connectivity index (χ3v) is 8.39. The van der Waals surface area contributed by atoms with Crippen molar-refractivity contribution in [2.24, 2.45) is 5.92 Å². The molecule has 1 amide bonds. The Morgan fingerprint density at radius 1 is 1.12 bits per heavy atom. The molecule has 0 bridgehead atoms. The van der Waals surface area contributed by atoms with Gasteiger partial charge in [-0.25, -0.2) is 13.1 Å². The molecule has 2 N–H and O–H groups in total. The molecule has 2 unspecified atom stereocenters. The van der Waals surface area contributed by atoms with Crippen LogP contribution in [0.4, 0.5) is 10.8 Å². The average Bonchev–Trinajstić information content (AvgIpc) is 3.29. The molecule has 8 nitrogen and oxygen atoms in total. The van der Waals surface area contributed by atoms with Gasteiger partial charge in [0.2, 0.25) is 9.47 Å². The van der Waals surface area contributed by atoms with Gasteiger partial charge in [0.15, 0.2) is 0 Å². The van der Waals surface area contributed by atoms with E-state index in [-0.39, 0.29) is 15.4 Å². The average molecular weight is 486 g/mol. The predicted molar refractivity (Wildman–Crippen MR) is 130 cm³/mol. The number of rotatable bonds is 7. The standard InChI is InChI=1S/C23H27N5O3S2/c1-16-7-6-14-28(15-16)20-12-10-18(11-13-20)17(2)27-33(30,31)23-26-25-22(32-23)24-21(29)19-8-4-3-5-9-19/h3-5,8-13,16-17,27H,6-7,14-15H2,1-2H3,(H,24,25,29). The summed E-state index contributed by atoms with van der Waals surface area (Å²) >= 11 is 0.810. The molecule has 4 rings (SSSR count). The summed E-state index contributed by atoms with van der Waals surface area (Å²) in [6, 6.07) is 16.2. The number of hydrogen-bond donors (Lipinski definition) is 2. The zero-order chi connectivity index (χ0) is 23.4. The molecule has 33 heavy (non-hydrogen) atoms. The van der Waals surface area contributed by atoms with Gasteiger partial charge in [-0.1, -0.05) is 48.6 Å². The number of piperidine rings is 1. The predicted octanol–water partition coefficient (Wildman–Crippen LogP) is 4.07. The van der Waals surface area contributed by atoms with Gasteiger partial charge in [0.1, 0.15) is 0 Å². The highest BCUT2D eigenvalue weighted by Gasteiger charge is 2.24. The number of carbonyl (C=O) groups is 1. The Balaban J connectivity index is 1.39. The second kappa shape index (κ2) is 9.98. The summed E-state index contributed by atoms with van der Waals surface area (Å²) in [5, 5.41) is 10.3. The van der Waals surface area contributed by atoms with Crippen molar-refractivity contribution < 1.29 is 13.2 Å².